The Balaban J connectivity index is 1.37. The van der Waals surface area contributed by atoms with E-state index in [0.29, 0.717) is 11.4 Å². The number of benzene rings is 2. The van der Waals surface area contributed by atoms with Gasteiger partial charge in [0.1, 0.15) is 11.6 Å². The summed E-state index contributed by atoms with van der Waals surface area (Å²) in [5.41, 5.74) is 13.3. The summed E-state index contributed by atoms with van der Waals surface area (Å²) >= 11 is 1.17. The number of carboxylic acids is 1. The van der Waals surface area contributed by atoms with Gasteiger partial charge in [-0.15, -0.1) is 11.3 Å². The summed E-state index contributed by atoms with van der Waals surface area (Å²) in [5, 5.41) is 14.9. The van der Waals surface area contributed by atoms with Crippen LogP contribution in [0.1, 0.15) is 45.0 Å². The van der Waals surface area contributed by atoms with Crippen molar-refractivity contribution in [1.29, 1.82) is 0 Å². The first-order valence-corrected chi connectivity index (χ1v) is 11.3. The van der Waals surface area contributed by atoms with Crippen molar-refractivity contribution in [2.75, 3.05) is 13.2 Å². The molecule has 2 atom stereocenters. The number of hydrogen-bond donors (Lipinski definition) is 1. The number of likely N-dealkylation sites (tertiary alicyclic amines) is 1. The van der Waals surface area contributed by atoms with Gasteiger partial charge >= 0.3 is 12.1 Å². The van der Waals surface area contributed by atoms with Gasteiger partial charge in [-0.25, -0.2) is 14.6 Å². The molecule has 33 heavy (non-hydrogen) atoms. The van der Waals surface area contributed by atoms with Crippen molar-refractivity contribution in [3.63, 3.8) is 0 Å². The molecule has 0 bridgehead atoms. The molecule has 1 amide bonds. The summed E-state index contributed by atoms with van der Waals surface area (Å²) in [5.74, 6) is -1.21. The van der Waals surface area contributed by atoms with E-state index in [1.54, 1.807) is 0 Å². The smallest absolute Gasteiger partial charge is 0.410 e. The monoisotopic (exact) mass is 461 g/mol. The minimum absolute atomic E-state index is 0.0743. The van der Waals surface area contributed by atoms with Crippen molar-refractivity contribution in [2.45, 2.75) is 24.4 Å². The molecular weight excluding hydrogens is 442 g/mol. The highest BCUT2D eigenvalue weighted by Crippen LogP contribution is 2.45. The molecule has 1 aliphatic carbocycles. The molecule has 1 N–H and O–H groups in total. The molecule has 9 nitrogen and oxygen atoms in total. The van der Waals surface area contributed by atoms with Crippen LogP contribution in [0.5, 0.6) is 0 Å². The molecule has 3 aromatic rings. The third kappa shape index (κ3) is 3.79. The Hall–Kier alpha value is -3.88. The van der Waals surface area contributed by atoms with Crippen LogP contribution in [0.4, 0.5) is 4.79 Å². The Morgan fingerprint density at radius 3 is 2.45 bits per heavy atom. The van der Waals surface area contributed by atoms with Crippen molar-refractivity contribution in [2.24, 2.45) is 5.11 Å². The fourth-order valence-corrected chi connectivity index (χ4v) is 5.54. The minimum Gasteiger partial charge on any atom is -0.476 e. The zero-order chi connectivity index (χ0) is 22.9. The number of carbonyl (C=O) groups excluding carboxylic acids is 1. The van der Waals surface area contributed by atoms with Crippen LogP contribution in [0, 0.1) is 0 Å². The fourth-order valence-electron chi connectivity index (χ4n) is 4.62. The highest BCUT2D eigenvalue weighted by Gasteiger charge is 2.39. The average molecular weight is 462 g/mol. The number of thiazole rings is 1. The number of aromatic carboxylic acids is 1. The van der Waals surface area contributed by atoms with Gasteiger partial charge in [0.05, 0.1) is 12.1 Å². The van der Waals surface area contributed by atoms with E-state index in [4.69, 9.17) is 10.3 Å². The van der Waals surface area contributed by atoms with E-state index in [-0.39, 0.29) is 24.8 Å². The first-order chi connectivity index (χ1) is 16.1. The second-order valence-corrected chi connectivity index (χ2v) is 8.83. The van der Waals surface area contributed by atoms with E-state index in [1.165, 1.54) is 21.6 Å². The predicted octanol–water partition coefficient (Wildman–Crippen LogP) is 5.22. The Labute approximate surface area is 192 Å². The molecule has 5 rings (SSSR count). The lowest BCUT2D eigenvalue weighted by atomic mass is 9.98. The predicted molar refractivity (Wildman–Crippen MR) is 121 cm³/mol. The summed E-state index contributed by atoms with van der Waals surface area (Å²) in [6.45, 7) is 0.355. The SMILES string of the molecule is [N-]=[N+]=N[C@@H]1CC(c2nc(C(=O)O)cs2)N(C(=O)OCC2c3ccccc3-c3ccccc32)C1. The molecule has 10 heteroatoms. The molecule has 2 aliphatic rings. The molecule has 0 radical (unpaired) electrons. The summed E-state index contributed by atoms with van der Waals surface area (Å²) in [4.78, 5) is 32.9. The second-order valence-electron chi connectivity index (χ2n) is 7.94. The number of aromatic nitrogens is 1. The molecule has 0 spiro atoms. The maximum atomic E-state index is 13.1. The van der Waals surface area contributed by atoms with E-state index < -0.39 is 24.1 Å². The number of carbonyl (C=O) groups is 2. The van der Waals surface area contributed by atoms with E-state index in [0.717, 1.165) is 22.3 Å². The molecule has 1 saturated heterocycles. The summed E-state index contributed by atoms with van der Waals surface area (Å²) in [6.07, 6.45) is -0.175. The quantitative estimate of drug-likeness (QED) is 0.316. The van der Waals surface area contributed by atoms with Gasteiger partial charge in [0, 0.05) is 22.8 Å². The highest BCUT2D eigenvalue weighted by atomic mass is 32.1. The lowest BCUT2D eigenvalue weighted by Crippen LogP contribution is -2.33. The average Bonchev–Trinajstić information content (AvgIpc) is 3.54. The van der Waals surface area contributed by atoms with Gasteiger partial charge in [0.2, 0.25) is 0 Å². The Bertz CT molecular complexity index is 1240. The van der Waals surface area contributed by atoms with Gasteiger partial charge in [-0.1, -0.05) is 53.6 Å². The van der Waals surface area contributed by atoms with Crippen LogP contribution < -0.4 is 0 Å². The van der Waals surface area contributed by atoms with Gasteiger partial charge in [-0.05, 0) is 34.2 Å². The first kappa shape index (κ1) is 21.0. The van der Waals surface area contributed by atoms with Crippen LogP contribution in [0.2, 0.25) is 0 Å². The number of ether oxygens (including phenoxy) is 1. The largest absolute Gasteiger partial charge is 0.476 e. The van der Waals surface area contributed by atoms with Crippen LogP contribution in [-0.2, 0) is 4.74 Å². The van der Waals surface area contributed by atoms with E-state index >= 15 is 0 Å². The van der Waals surface area contributed by atoms with Crippen molar-refractivity contribution >= 4 is 23.4 Å². The van der Waals surface area contributed by atoms with Crippen molar-refractivity contribution < 1.29 is 19.4 Å². The molecule has 1 fully saturated rings. The molecule has 0 saturated carbocycles. The van der Waals surface area contributed by atoms with Gasteiger partial charge in [-0.2, -0.15) is 0 Å². The van der Waals surface area contributed by atoms with Crippen LogP contribution >= 0.6 is 11.3 Å². The summed E-state index contributed by atoms with van der Waals surface area (Å²) < 4.78 is 5.77. The number of nitrogens with zero attached hydrogens (tertiary/aromatic N) is 5. The number of carboxylic acid groups (broad SMARTS) is 1. The van der Waals surface area contributed by atoms with Crippen molar-refractivity contribution in [3.8, 4) is 11.1 Å². The van der Waals surface area contributed by atoms with Gasteiger partial charge in [0.25, 0.3) is 0 Å². The normalized spacial score (nSPS) is 19.0. The Kier molecular flexibility index (Phi) is 5.45. The van der Waals surface area contributed by atoms with E-state index in [9.17, 15) is 14.7 Å². The number of hydrogen-bond acceptors (Lipinski definition) is 6. The van der Waals surface area contributed by atoms with Gasteiger partial charge < -0.3 is 9.84 Å². The maximum absolute atomic E-state index is 13.1. The molecule has 2 heterocycles. The summed E-state index contributed by atoms with van der Waals surface area (Å²) in [6, 6.07) is 15.2. The zero-order valence-electron chi connectivity index (χ0n) is 17.4. The first-order valence-electron chi connectivity index (χ1n) is 10.4. The van der Waals surface area contributed by atoms with Crippen LogP contribution in [0.25, 0.3) is 21.6 Å². The van der Waals surface area contributed by atoms with Crippen molar-refractivity contribution in [3.05, 3.63) is 86.2 Å². The molecular formula is C23H19N5O4S. The topological polar surface area (TPSA) is 128 Å². The molecule has 1 aromatic heterocycles. The summed E-state index contributed by atoms with van der Waals surface area (Å²) in [7, 11) is 0. The fraction of sp³-hybridized carbons (Fsp3) is 0.261. The van der Waals surface area contributed by atoms with Crippen LogP contribution in [0.15, 0.2) is 59.0 Å². The van der Waals surface area contributed by atoms with Crippen LogP contribution in [-0.4, -0.2) is 46.2 Å². The molecule has 166 valence electrons. The zero-order valence-corrected chi connectivity index (χ0v) is 18.2. The molecule has 2 aromatic carbocycles. The third-order valence-corrected chi connectivity index (χ3v) is 7.04. The van der Waals surface area contributed by atoms with Gasteiger partial charge in [-0.3, -0.25) is 4.90 Å². The number of amides is 1. The highest BCUT2D eigenvalue weighted by molar-refractivity contribution is 7.09. The number of rotatable bonds is 5. The lowest BCUT2D eigenvalue weighted by Gasteiger charge is -2.23. The second kappa shape index (κ2) is 8.57. The van der Waals surface area contributed by atoms with Gasteiger partial charge in [0.15, 0.2) is 5.69 Å². The number of fused-ring (bicyclic) bond motifs is 3. The van der Waals surface area contributed by atoms with Crippen LogP contribution in [0.3, 0.4) is 0 Å². The van der Waals surface area contributed by atoms with Crippen molar-refractivity contribution in [1.82, 2.24) is 9.88 Å². The van der Waals surface area contributed by atoms with E-state index in [2.05, 4.69) is 27.1 Å². The number of azide groups is 1. The Morgan fingerprint density at radius 1 is 1.18 bits per heavy atom. The molecule has 1 unspecified atom stereocenters. The standard InChI is InChI=1S/C23H19N5O4S/c24-27-26-13-9-20(21-25-19(12-33-21)22(29)30)28(10-13)23(31)32-11-18-16-7-3-1-5-14(16)15-6-2-4-8-17(15)18/h1-8,12-13,18,20H,9-11H2,(H,29,30)/t13-,20?/m1/s1. The Morgan fingerprint density at radius 2 is 1.85 bits per heavy atom. The molecule has 1 aliphatic heterocycles. The lowest BCUT2D eigenvalue weighted by molar-refractivity contribution is 0.0691. The maximum Gasteiger partial charge on any atom is 0.410 e. The van der Waals surface area contributed by atoms with E-state index in [1.807, 2.05) is 36.4 Å². The minimum atomic E-state index is -1.13. The third-order valence-electron chi connectivity index (χ3n) is 6.09.